The van der Waals surface area contributed by atoms with E-state index in [9.17, 15) is 5.26 Å². The lowest BCUT2D eigenvalue weighted by molar-refractivity contribution is 0.548. The van der Waals surface area contributed by atoms with Gasteiger partial charge in [0.25, 0.3) is 0 Å². The van der Waals surface area contributed by atoms with Crippen molar-refractivity contribution >= 4 is 16.8 Å². The lowest BCUT2D eigenvalue weighted by Crippen LogP contribution is -2.26. The van der Waals surface area contributed by atoms with Gasteiger partial charge >= 0.3 is 0 Å². The molecule has 0 atom stereocenters. The van der Waals surface area contributed by atoms with Crippen LogP contribution in [-0.4, -0.2) is 15.1 Å². The van der Waals surface area contributed by atoms with E-state index in [1.807, 2.05) is 54.2 Å². The fraction of sp³-hybridized carbons (Fsp3) is 0.217. The number of furan rings is 1. The van der Waals surface area contributed by atoms with Crippen LogP contribution in [0.4, 0.5) is 5.88 Å². The number of aryl methyl sites for hydroxylation is 1. The van der Waals surface area contributed by atoms with Crippen LogP contribution < -0.4 is 5.32 Å². The Bertz CT molecular complexity index is 1190. The second-order valence-corrected chi connectivity index (χ2v) is 7.88. The number of aromatic nitrogens is 2. The summed E-state index contributed by atoms with van der Waals surface area (Å²) in [5.74, 6) is 1.12. The summed E-state index contributed by atoms with van der Waals surface area (Å²) >= 11 is 0. The molecular weight excluding hydrogens is 348 g/mol. The van der Waals surface area contributed by atoms with E-state index in [2.05, 4.69) is 43.2 Å². The third-order valence-corrected chi connectivity index (χ3v) is 4.57. The Labute approximate surface area is 164 Å². The molecule has 140 valence electrons. The molecule has 1 N–H and O–H groups in total. The summed E-state index contributed by atoms with van der Waals surface area (Å²) in [5.41, 5.74) is 3.64. The molecule has 0 spiro atoms. The summed E-state index contributed by atoms with van der Waals surface area (Å²) < 4.78 is 8.34. The molecule has 28 heavy (non-hydrogen) atoms. The number of hydrogen-bond donors (Lipinski definition) is 1. The monoisotopic (exact) mass is 370 g/mol. The molecule has 1 aromatic carbocycles. The predicted molar refractivity (Wildman–Crippen MR) is 112 cm³/mol. The van der Waals surface area contributed by atoms with Crippen molar-refractivity contribution in [3.05, 3.63) is 60.4 Å². The topological polar surface area (TPSA) is 66.8 Å². The molecule has 0 aliphatic rings. The first-order chi connectivity index (χ1) is 13.4. The minimum absolute atomic E-state index is 0.232. The number of pyridine rings is 1. The van der Waals surface area contributed by atoms with Gasteiger partial charge in [-0.2, -0.15) is 5.26 Å². The third-order valence-electron chi connectivity index (χ3n) is 4.57. The molecule has 0 aliphatic carbocycles. The van der Waals surface area contributed by atoms with Gasteiger partial charge in [-0.05, 0) is 39.0 Å². The zero-order valence-electron chi connectivity index (χ0n) is 16.4. The molecule has 0 saturated heterocycles. The maximum absolute atomic E-state index is 10.0. The minimum atomic E-state index is -0.232. The van der Waals surface area contributed by atoms with Crippen molar-refractivity contribution in [2.24, 2.45) is 7.05 Å². The average molecular weight is 370 g/mol. The fourth-order valence-corrected chi connectivity index (χ4v) is 3.43. The van der Waals surface area contributed by atoms with E-state index in [1.54, 1.807) is 6.20 Å². The second-order valence-electron chi connectivity index (χ2n) is 7.88. The number of rotatable bonds is 3. The quantitative estimate of drug-likeness (QED) is 0.511. The first kappa shape index (κ1) is 17.9. The Balaban J connectivity index is 2.02. The smallest absolute Gasteiger partial charge is 0.204 e. The molecular formula is C23H22N4O. The van der Waals surface area contributed by atoms with Crippen LogP contribution in [0.25, 0.3) is 33.5 Å². The molecule has 0 bridgehead atoms. The molecule has 4 aromatic rings. The molecule has 5 nitrogen and oxygen atoms in total. The van der Waals surface area contributed by atoms with Crippen molar-refractivity contribution in [1.82, 2.24) is 9.55 Å². The molecule has 4 rings (SSSR count). The molecule has 0 saturated carbocycles. The standard InChI is InChI=1S/C23H22N4O/c1-23(2,3)26-22-20(18-10-7-8-12-25-18)16(13-24)21(28-22)17-14-27(4)19-11-6-5-9-15(17)19/h5-12,14,26H,1-4H3. The van der Waals surface area contributed by atoms with Gasteiger partial charge in [0.2, 0.25) is 5.88 Å². The minimum Gasteiger partial charge on any atom is -0.438 e. The molecule has 0 fully saturated rings. The highest BCUT2D eigenvalue weighted by molar-refractivity contribution is 5.98. The molecule has 3 heterocycles. The first-order valence-electron chi connectivity index (χ1n) is 9.20. The van der Waals surface area contributed by atoms with Gasteiger partial charge in [-0.1, -0.05) is 24.3 Å². The molecule has 3 aromatic heterocycles. The van der Waals surface area contributed by atoms with Gasteiger partial charge in [0.05, 0.1) is 11.3 Å². The first-order valence-corrected chi connectivity index (χ1v) is 9.20. The van der Waals surface area contributed by atoms with E-state index >= 15 is 0 Å². The van der Waals surface area contributed by atoms with Gasteiger partial charge in [0, 0.05) is 41.4 Å². The van der Waals surface area contributed by atoms with E-state index in [0.717, 1.165) is 16.5 Å². The predicted octanol–water partition coefficient (Wildman–Crippen LogP) is 5.58. The van der Waals surface area contributed by atoms with Crippen molar-refractivity contribution in [1.29, 1.82) is 5.26 Å². The number of nitrogens with zero attached hydrogens (tertiary/aromatic N) is 3. The van der Waals surface area contributed by atoms with Crippen molar-refractivity contribution in [3.8, 4) is 28.7 Å². The van der Waals surface area contributed by atoms with Gasteiger partial charge in [0.1, 0.15) is 11.6 Å². The maximum atomic E-state index is 10.0. The van der Waals surface area contributed by atoms with Crippen LogP contribution in [0.1, 0.15) is 26.3 Å². The van der Waals surface area contributed by atoms with Crippen LogP contribution in [0, 0.1) is 11.3 Å². The highest BCUT2D eigenvalue weighted by atomic mass is 16.4. The van der Waals surface area contributed by atoms with Crippen LogP contribution >= 0.6 is 0 Å². The summed E-state index contributed by atoms with van der Waals surface area (Å²) in [7, 11) is 1.99. The van der Waals surface area contributed by atoms with Crippen LogP contribution in [0.15, 0.2) is 59.3 Å². The Morgan fingerprint density at radius 3 is 2.54 bits per heavy atom. The Morgan fingerprint density at radius 1 is 1.11 bits per heavy atom. The largest absolute Gasteiger partial charge is 0.438 e. The van der Waals surface area contributed by atoms with Crippen molar-refractivity contribution in [3.63, 3.8) is 0 Å². The summed E-state index contributed by atoms with van der Waals surface area (Å²) in [6.45, 7) is 6.17. The SMILES string of the molecule is Cn1cc(-c2oc(NC(C)(C)C)c(-c3ccccn3)c2C#N)c2ccccc21. The van der Waals surface area contributed by atoms with E-state index in [4.69, 9.17) is 4.42 Å². The number of fused-ring (bicyclic) bond motifs is 1. The zero-order valence-corrected chi connectivity index (χ0v) is 16.4. The van der Waals surface area contributed by atoms with Gasteiger partial charge in [0.15, 0.2) is 5.76 Å². The van der Waals surface area contributed by atoms with Crippen molar-refractivity contribution in [2.75, 3.05) is 5.32 Å². The molecule has 5 heteroatoms. The summed E-state index contributed by atoms with van der Waals surface area (Å²) in [4.78, 5) is 4.47. The highest BCUT2D eigenvalue weighted by Crippen LogP contribution is 2.43. The third kappa shape index (κ3) is 3.03. The Morgan fingerprint density at radius 2 is 1.86 bits per heavy atom. The van der Waals surface area contributed by atoms with Crippen LogP contribution in [-0.2, 0) is 7.05 Å². The lowest BCUT2D eigenvalue weighted by atomic mass is 10.0. The maximum Gasteiger partial charge on any atom is 0.204 e. The van der Waals surface area contributed by atoms with Gasteiger partial charge in [-0.15, -0.1) is 0 Å². The van der Waals surface area contributed by atoms with Gasteiger partial charge in [-0.25, -0.2) is 0 Å². The van der Waals surface area contributed by atoms with E-state index in [1.165, 1.54) is 0 Å². The van der Waals surface area contributed by atoms with E-state index in [-0.39, 0.29) is 5.54 Å². The van der Waals surface area contributed by atoms with E-state index in [0.29, 0.717) is 28.5 Å². The average Bonchev–Trinajstić information content (AvgIpc) is 3.19. The number of nitrogens with one attached hydrogen (secondary N) is 1. The summed E-state index contributed by atoms with van der Waals surface area (Å²) in [6.07, 6.45) is 3.73. The number of hydrogen-bond acceptors (Lipinski definition) is 4. The number of para-hydroxylation sites is 1. The molecule has 0 aliphatic heterocycles. The molecule has 0 unspecified atom stereocenters. The summed E-state index contributed by atoms with van der Waals surface area (Å²) in [5, 5.41) is 14.5. The number of nitriles is 1. The highest BCUT2D eigenvalue weighted by Gasteiger charge is 2.27. The second kappa shape index (κ2) is 6.58. The number of anilines is 1. The van der Waals surface area contributed by atoms with Gasteiger partial charge in [-0.3, -0.25) is 4.98 Å². The van der Waals surface area contributed by atoms with Crippen LogP contribution in [0.5, 0.6) is 0 Å². The Hall–Kier alpha value is -3.52. The van der Waals surface area contributed by atoms with Crippen LogP contribution in [0.2, 0.25) is 0 Å². The fourth-order valence-electron chi connectivity index (χ4n) is 3.43. The van der Waals surface area contributed by atoms with Crippen LogP contribution in [0.3, 0.4) is 0 Å². The van der Waals surface area contributed by atoms with Crippen molar-refractivity contribution < 1.29 is 4.42 Å². The lowest BCUT2D eigenvalue weighted by Gasteiger charge is -2.20. The Kier molecular flexibility index (Phi) is 4.20. The van der Waals surface area contributed by atoms with E-state index < -0.39 is 0 Å². The van der Waals surface area contributed by atoms with Crippen molar-refractivity contribution in [2.45, 2.75) is 26.3 Å². The number of benzene rings is 1. The normalized spacial score (nSPS) is 11.5. The summed E-state index contributed by atoms with van der Waals surface area (Å²) in [6, 6.07) is 16.1. The molecule has 0 radical (unpaired) electrons. The molecule has 0 amide bonds. The zero-order chi connectivity index (χ0) is 19.9. The van der Waals surface area contributed by atoms with Gasteiger partial charge < -0.3 is 14.3 Å².